The lowest BCUT2D eigenvalue weighted by Crippen LogP contribution is -2.35. The summed E-state index contributed by atoms with van der Waals surface area (Å²) >= 11 is 0. The maximum Gasteiger partial charge on any atom is 0.290 e. The number of fused-ring (bicyclic) bond motifs is 1. The zero-order chi connectivity index (χ0) is 21.2. The highest BCUT2D eigenvalue weighted by molar-refractivity contribution is 5.74. The van der Waals surface area contributed by atoms with Crippen LogP contribution in [0, 0.1) is 0 Å². The van der Waals surface area contributed by atoms with Crippen LogP contribution in [0.5, 0.6) is 11.5 Å². The van der Waals surface area contributed by atoms with Crippen molar-refractivity contribution in [3.8, 4) is 11.5 Å². The molecule has 30 heavy (non-hydrogen) atoms. The molecule has 0 spiro atoms. The molecule has 1 aromatic heterocycles. The number of carboxylic acid groups (broad SMARTS) is 1. The molecule has 8 nitrogen and oxygen atoms in total. The van der Waals surface area contributed by atoms with E-state index in [9.17, 15) is 0 Å². The molecule has 2 heterocycles. The third-order valence-corrected chi connectivity index (χ3v) is 4.86. The first kappa shape index (κ1) is 21.6. The van der Waals surface area contributed by atoms with E-state index in [-0.39, 0.29) is 6.47 Å². The molecule has 0 radical (unpaired) electrons. The van der Waals surface area contributed by atoms with Crippen LogP contribution in [-0.2, 0) is 22.6 Å². The summed E-state index contributed by atoms with van der Waals surface area (Å²) in [5, 5.41) is 6.89. The van der Waals surface area contributed by atoms with Gasteiger partial charge in [-0.3, -0.25) is 9.69 Å². The van der Waals surface area contributed by atoms with Gasteiger partial charge in [0.05, 0.1) is 44.2 Å². The number of hydrogen-bond acceptors (Lipinski definition) is 6. The number of para-hydroxylation sites is 2. The average molecular weight is 413 g/mol. The number of methoxy groups -OCH3 is 1. The van der Waals surface area contributed by atoms with Crippen LogP contribution < -0.4 is 9.47 Å². The fourth-order valence-corrected chi connectivity index (χ4v) is 3.39. The molecule has 1 fully saturated rings. The van der Waals surface area contributed by atoms with Crippen molar-refractivity contribution < 1.29 is 24.1 Å². The van der Waals surface area contributed by atoms with Crippen LogP contribution in [0.3, 0.4) is 0 Å². The Balaban J connectivity index is 0.000000806. The van der Waals surface area contributed by atoms with E-state index in [1.54, 1.807) is 7.11 Å². The molecule has 4 rings (SSSR count). The van der Waals surface area contributed by atoms with Gasteiger partial charge in [-0.15, -0.1) is 0 Å². The van der Waals surface area contributed by atoms with Crippen molar-refractivity contribution in [3.05, 3.63) is 54.4 Å². The summed E-state index contributed by atoms with van der Waals surface area (Å²) in [5.74, 6) is 1.55. The molecule has 0 atom stereocenters. The van der Waals surface area contributed by atoms with Crippen LogP contribution in [0.2, 0.25) is 0 Å². The Labute approximate surface area is 175 Å². The zero-order valence-corrected chi connectivity index (χ0v) is 17.1. The number of hydrogen-bond donors (Lipinski definition) is 1. The van der Waals surface area contributed by atoms with Gasteiger partial charge in [-0.2, -0.15) is 0 Å². The molecule has 0 saturated carbocycles. The van der Waals surface area contributed by atoms with Gasteiger partial charge in [0, 0.05) is 19.6 Å². The molecule has 2 aromatic carbocycles. The van der Waals surface area contributed by atoms with Crippen molar-refractivity contribution in [2.24, 2.45) is 0 Å². The van der Waals surface area contributed by atoms with E-state index in [2.05, 4.69) is 32.7 Å². The molecule has 8 heteroatoms. The monoisotopic (exact) mass is 413 g/mol. The topological polar surface area (TPSA) is 86.0 Å². The predicted octanol–water partition coefficient (Wildman–Crippen LogP) is 2.66. The Kier molecular flexibility index (Phi) is 8.05. The molecule has 1 N–H and O–H groups in total. The lowest BCUT2D eigenvalue weighted by molar-refractivity contribution is -0.122. The Morgan fingerprint density at radius 1 is 1.17 bits per heavy atom. The van der Waals surface area contributed by atoms with Crippen molar-refractivity contribution in [1.29, 1.82) is 0 Å². The Morgan fingerprint density at radius 3 is 2.70 bits per heavy atom. The highest BCUT2D eigenvalue weighted by Crippen LogP contribution is 2.29. The van der Waals surface area contributed by atoms with Crippen LogP contribution in [0.1, 0.15) is 5.56 Å². The minimum atomic E-state index is -0.250. The molecular weight excluding hydrogens is 386 g/mol. The molecule has 1 aliphatic heterocycles. The Hall–Kier alpha value is -3.10. The number of imidazole rings is 1. The molecule has 0 amide bonds. The van der Waals surface area contributed by atoms with Gasteiger partial charge >= 0.3 is 0 Å². The maximum absolute atomic E-state index is 8.36. The molecule has 0 bridgehead atoms. The number of aromatic nitrogens is 2. The second-order valence-electron chi connectivity index (χ2n) is 6.75. The second kappa shape index (κ2) is 11.2. The van der Waals surface area contributed by atoms with Crippen LogP contribution in [0.25, 0.3) is 11.0 Å². The summed E-state index contributed by atoms with van der Waals surface area (Å²) in [7, 11) is 1.67. The summed E-state index contributed by atoms with van der Waals surface area (Å²) in [5.41, 5.74) is 3.34. The fraction of sp³-hybridized carbons (Fsp3) is 0.364. The number of benzene rings is 2. The maximum atomic E-state index is 8.36. The van der Waals surface area contributed by atoms with E-state index < -0.39 is 0 Å². The quantitative estimate of drug-likeness (QED) is 0.596. The number of rotatable bonds is 7. The number of morpholine rings is 1. The summed E-state index contributed by atoms with van der Waals surface area (Å²) in [6, 6.07) is 14.3. The van der Waals surface area contributed by atoms with E-state index in [4.69, 9.17) is 24.1 Å². The van der Waals surface area contributed by atoms with Gasteiger partial charge in [-0.1, -0.05) is 18.2 Å². The first-order chi connectivity index (χ1) is 14.7. The fourth-order valence-electron chi connectivity index (χ4n) is 3.39. The van der Waals surface area contributed by atoms with Gasteiger partial charge in [0.1, 0.15) is 6.61 Å². The van der Waals surface area contributed by atoms with Gasteiger partial charge in [0.2, 0.25) is 0 Å². The van der Waals surface area contributed by atoms with Gasteiger partial charge in [-0.25, -0.2) is 4.98 Å². The van der Waals surface area contributed by atoms with E-state index >= 15 is 0 Å². The summed E-state index contributed by atoms with van der Waals surface area (Å²) in [6.07, 6.45) is 1.86. The standard InChI is InChI=1S/C21H25N3O3.CH2O2/c1-25-20-7-6-17(15-23-8-11-26-12-9-23)14-21(20)27-13-10-24-16-22-18-4-2-3-5-19(18)24;2-1-3/h2-7,14,16H,8-13,15H2,1H3;1H,(H,2,3). The molecule has 0 aliphatic carbocycles. The Morgan fingerprint density at radius 2 is 1.93 bits per heavy atom. The third kappa shape index (κ3) is 5.71. The average Bonchev–Trinajstić information content (AvgIpc) is 3.18. The minimum absolute atomic E-state index is 0.250. The third-order valence-electron chi connectivity index (χ3n) is 4.86. The van der Waals surface area contributed by atoms with E-state index in [0.29, 0.717) is 6.61 Å². The van der Waals surface area contributed by atoms with Gasteiger partial charge in [0.25, 0.3) is 6.47 Å². The highest BCUT2D eigenvalue weighted by Gasteiger charge is 2.13. The molecule has 1 saturated heterocycles. The van der Waals surface area contributed by atoms with Crippen molar-refractivity contribution in [1.82, 2.24) is 14.5 Å². The van der Waals surface area contributed by atoms with E-state index in [1.165, 1.54) is 5.56 Å². The lowest BCUT2D eigenvalue weighted by Gasteiger charge is -2.26. The second-order valence-corrected chi connectivity index (χ2v) is 6.75. The SMILES string of the molecule is COc1ccc(CN2CCOCC2)cc1OCCn1cnc2ccccc21.O=CO. The summed E-state index contributed by atoms with van der Waals surface area (Å²) in [4.78, 5) is 15.2. The van der Waals surface area contributed by atoms with E-state index in [0.717, 1.165) is 61.9 Å². The summed E-state index contributed by atoms with van der Waals surface area (Å²) < 4.78 is 19.1. The lowest BCUT2D eigenvalue weighted by atomic mass is 10.2. The predicted molar refractivity (Wildman–Crippen MR) is 113 cm³/mol. The van der Waals surface area contributed by atoms with Crippen molar-refractivity contribution in [2.75, 3.05) is 40.0 Å². The molecule has 160 valence electrons. The highest BCUT2D eigenvalue weighted by atomic mass is 16.5. The largest absolute Gasteiger partial charge is 0.493 e. The zero-order valence-electron chi connectivity index (χ0n) is 17.1. The number of carbonyl (C=O) groups is 1. The first-order valence-corrected chi connectivity index (χ1v) is 9.82. The molecular formula is C22H27N3O5. The van der Waals surface area contributed by atoms with Crippen LogP contribution in [-0.4, -0.2) is 66.0 Å². The number of ether oxygens (including phenoxy) is 3. The normalized spacial score (nSPS) is 14.0. The van der Waals surface area contributed by atoms with Gasteiger partial charge in [-0.05, 0) is 29.8 Å². The summed E-state index contributed by atoms with van der Waals surface area (Å²) in [6.45, 7) is 5.48. The molecule has 1 aliphatic rings. The molecule has 0 unspecified atom stereocenters. The van der Waals surface area contributed by atoms with Gasteiger partial charge in [0.15, 0.2) is 11.5 Å². The van der Waals surface area contributed by atoms with Crippen molar-refractivity contribution >= 4 is 17.5 Å². The van der Waals surface area contributed by atoms with Crippen LogP contribution >= 0.6 is 0 Å². The number of nitrogens with zero attached hydrogens (tertiary/aromatic N) is 3. The van der Waals surface area contributed by atoms with E-state index in [1.807, 2.05) is 30.6 Å². The van der Waals surface area contributed by atoms with Gasteiger partial charge < -0.3 is 23.9 Å². The van der Waals surface area contributed by atoms with Crippen molar-refractivity contribution in [2.45, 2.75) is 13.1 Å². The minimum Gasteiger partial charge on any atom is -0.493 e. The molecule has 3 aromatic rings. The van der Waals surface area contributed by atoms with Crippen LogP contribution in [0.4, 0.5) is 0 Å². The first-order valence-electron chi connectivity index (χ1n) is 9.82. The Bertz CT molecular complexity index is 937. The smallest absolute Gasteiger partial charge is 0.290 e. The van der Waals surface area contributed by atoms with Crippen molar-refractivity contribution in [3.63, 3.8) is 0 Å². The van der Waals surface area contributed by atoms with Crippen LogP contribution in [0.15, 0.2) is 48.8 Å².